The molecule has 1 saturated heterocycles. The van der Waals surface area contributed by atoms with Crippen molar-refractivity contribution in [3.8, 4) is 0 Å². The largest absolute Gasteiger partial charge is 0.481 e. The van der Waals surface area contributed by atoms with Crippen LogP contribution in [-0.2, 0) is 91.2 Å². The maximum Gasteiger partial charge on any atom is 0.305 e. The molecule has 1 fully saturated rings. The average Bonchev–Trinajstić information content (AvgIpc) is 0.843. The smallest absolute Gasteiger partial charge is 0.305 e. The summed E-state index contributed by atoms with van der Waals surface area (Å²) in [6, 6.07) is 6.60. The standard InChI is InChI=1S/C79H121N23O16S/c1-9-45(7)63-75(117)94-51(30-21-33-88-78(83)84)66(108)96-57(39-61(105)106)71(113)93-52(31-22-34-89-79(85)86)68(110)100-62(44(5)6)74(116)97-55(37-48-25-16-12-17-26-48)70(112)92-50(29-20-32-87-77(81)82)67(109)99-58(65(107)90-40-59(80)103)41-119-42-60(104)91-54(36-47-23-14-11-15-24-47)69(111)95-53(35-43(3)4)72(114)101-64(46(8)10-2)76(118)98-56(73(115)102-63)38-49-27-18-13-19-28-49/h11-19,23-28,43-46,50-58,62-64H,9-10,20-22,29-42H2,1-8H3,(H2,80,103)(H,90,107)(H,91,104)(H,92,112)(H,93,113)(H,94,117)(H,95,111)(H,96,108)(H,97,116)(H,98,118)(H,99,109)(H,100,110)(H,101,114)(H,102,115)(H,105,106)(H4,81,82,87)(H4,83,84,88)(H4,85,86,89)/t45-,46-,50-,51-,52-,53-,54-,55-,56-,57-,58-,62-,63-,64-/m0/s1. The molecule has 0 saturated carbocycles. The predicted molar refractivity (Wildman–Crippen MR) is 446 cm³/mol. The number of benzene rings is 3. The first-order valence-electron chi connectivity index (χ1n) is 39.7. The molecule has 0 radical (unpaired) electrons. The van der Waals surface area contributed by atoms with Crippen molar-refractivity contribution in [3.63, 3.8) is 0 Å². The number of carbonyl (C=O) groups excluding carboxylic acids is 14. The highest BCUT2D eigenvalue weighted by atomic mass is 32.2. The molecule has 0 aromatic heterocycles. The fourth-order valence-corrected chi connectivity index (χ4v) is 13.3. The van der Waals surface area contributed by atoms with Crippen molar-refractivity contribution in [2.45, 2.75) is 211 Å². The Morgan fingerprint density at radius 1 is 0.420 bits per heavy atom. The highest BCUT2D eigenvalue weighted by Crippen LogP contribution is 2.18. The quantitative estimate of drug-likeness (QED) is 0.0179. The number of nitrogens with two attached hydrogens (primary N) is 4. The van der Waals surface area contributed by atoms with Crippen molar-refractivity contribution in [2.24, 2.45) is 46.6 Å². The van der Waals surface area contributed by atoms with E-state index in [2.05, 4.69) is 85.1 Å². The number of guanidine groups is 3. The van der Waals surface area contributed by atoms with Crippen molar-refractivity contribution in [2.75, 3.05) is 37.7 Å². The van der Waals surface area contributed by atoms with Gasteiger partial charge in [0.05, 0.1) is 18.7 Å². The van der Waals surface area contributed by atoms with Gasteiger partial charge >= 0.3 is 5.97 Å². The Morgan fingerprint density at radius 2 is 0.739 bits per heavy atom. The van der Waals surface area contributed by atoms with E-state index < -0.39 is 221 Å². The zero-order valence-electron chi connectivity index (χ0n) is 68.6. The molecule has 39 nitrogen and oxygen atoms in total. The van der Waals surface area contributed by atoms with Crippen LogP contribution in [0.5, 0.6) is 0 Å². The summed E-state index contributed by atoms with van der Waals surface area (Å²) < 4.78 is 0. The normalized spacial score (nSPS) is 23.0. The van der Waals surface area contributed by atoms with Gasteiger partial charge in [0.2, 0.25) is 82.7 Å². The van der Waals surface area contributed by atoms with Crippen LogP contribution in [0.15, 0.2) is 91.0 Å². The number of carboxylic acids is 1. The molecule has 28 N–H and O–H groups in total. The molecule has 0 bridgehead atoms. The van der Waals surface area contributed by atoms with Crippen LogP contribution < -0.4 is 108 Å². The van der Waals surface area contributed by atoms with Crippen molar-refractivity contribution in [1.82, 2.24) is 85.1 Å². The van der Waals surface area contributed by atoms with Crippen LogP contribution >= 0.6 is 11.8 Å². The Bertz CT molecular complexity index is 3940. The van der Waals surface area contributed by atoms with E-state index in [0.29, 0.717) is 16.7 Å². The summed E-state index contributed by atoms with van der Waals surface area (Å²) in [4.78, 5) is 217. The monoisotopic (exact) mass is 1680 g/mol. The van der Waals surface area contributed by atoms with Crippen molar-refractivity contribution in [1.29, 1.82) is 16.2 Å². The molecule has 654 valence electrons. The Kier molecular flexibility index (Phi) is 43.2. The van der Waals surface area contributed by atoms with Crippen LogP contribution in [0.25, 0.3) is 0 Å². The molecule has 3 aromatic carbocycles. The average molecular weight is 1680 g/mol. The Morgan fingerprint density at radius 3 is 1.12 bits per heavy atom. The third-order valence-electron chi connectivity index (χ3n) is 19.4. The molecule has 40 heteroatoms. The van der Waals surface area contributed by atoms with Gasteiger partial charge in [0, 0.05) is 44.6 Å². The summed E-state index contributed by atoms with van der Waals surface area (Å²) in [7, 11) is 0. The molecule has 3 aromatic rings. The molecular formula is C79H121N23O16S. The molecule has 14 atom stereocenters. The highest BCUT2D eigenvalue weighted by molar-refractivity contribution is 8.00. The highest BCUT2D eigenvalue weighted by Gasteiger charge is 2.40. The molecule has 1 aliphatic heterocycles. The van der Waals surface area contributed by atoms with Gasteiger partial charge < -0.3 is 113 Å². The minimum Gasteiger partial charge on any atom is -0.481 e. The van der Waals surface area contributed by atoms with E-state index in [-0.39, 0.29) is 103 Å². The molecule has 0 spiro atoms. The number of hydrogen-bond donors (Lipinski definition) is 24. The van der Waals surface area contributed by atoms with E-state index >= 15 is 9.59 Å². The second-order valence-corrected chi connectivity index (χ2v) is 31.1. The molecule has 0 unspecified atom stereocenters. The topological polar surface area (TPSA) is 644 Å². The first kappa shape index (κ1) is 99.2. The third kappa shape index (κ3) is 36.9. The van der Waals surface area contributed by atoms with Gasteiger partial charge in [-0.25, -0.2) is 0 Å². The fourth-order valence-electron chi connectivity index (χ4n) is 12.5. The maximum absolute atomic E-state index is 15.1. The molecule has 1 aliphatic rings. The van der Waals surface area contributed by atoms with Crippen LogP contribution in [-0.4, -0.2) is 222 Å². The summed E-state index contributed by atoms with van der Waals surface area (Å²) in [5, 5.41) is 75.7. The van der Waals surface area contributed by atoms with Crippen molar-refractivity contribution in [3.05, 3.63) is 108 Å². The molecule has 119 heavy (non-hydrogen) atoms. The van der Waals surface area contributed by atoms with Gasteiger partial charge in [-0.05, 0) is 85.3 Å². The first-order chi connectivity index (χ1) is 56.4. The minimum absolute atomic E-state index is 0.0000956. The van der Waals surface area contributed by atoms with Crippen LogP contribution in [0.1, 0.15) is 136 Å². The second-order valence-electron chi connectivity index (χ2n) is 30.0. The van der Waals surface area contributed by atoms with Crippen molar-refractivity contribution >= 4 is 118 Å². The zero-order chi connectivity index (χ0) is 88.4. The Balaban J connectivity index is 1.98. The number of carboxylic acid groups (broad SMARTS) is 1. The number of primary amides is 1. The SMILES string of the molecule is CC[C@H](C)[C@@H]1NC(=O)[C@H](Cc2ccccc2)NC(=O)[C@H]([C@@H](C)CC)NC(=O)[C@H](CC(C)C)NC(=O)[C@H](Cc2ccccc2)NC(=O)CSC[C@@H](C(=O)NCC(N)=O)NC(=O)[C@H](CCCNC(=N)N)NC(=O)[C@H](Cc2ccccc2)NC(=O)[C@H](C(C)C)NC(=O)[C@H](CCCNC(=N)N)NC(=O)[C@H](CC(=O)O)NC(=O)[C@H](CCCNC(=N)N)NC1=O. The fraction of sp³-hybridized carbons (Fsp3) is 0.544. The van der Waals surface area contributed by atoms with Crippen LogP contribution in [0.3, 0.4) is 0 Å². The lowest BCUT2D eigenvalue weighted by Gasteiger charge is -2.31. The summed E-state index contributed by atoms with van der Waals surface area (Å²) in [6.07, 6.45) is -1.97. The zero-order valence-corrected chi connectivity index (χ0v) is 69.4. The number of thioether (sulfide) groups is 1. The lowest BCUT2D eigenvalue weighted by atomic mass is 9.95. The lowest BCUT2D eigenvalue weighted by Crippen LogP contribution is -2.62. The summed E-state index contributed by atoms with van der Waals surface area (Å²) in [5.41, 5.74) is 23.7. The summed E-state index contributed by atoms with van der Waals surface area (Å²) in [5.74, 6) is -19.7. The molecule has 4 rings (SSSR count). The van der Waals surface area contributed by atoms with E-state index in [1.54, 1.807) is 146 Å². The van der Waals surface area contributed by atoms with Crippen molar-refractivity contribution < 1.29 is 77.0 Å². The van der Waals surface area contributed by atoms with Gasteiger partial charge in [-0.15, -0.1) is 11.8 Å². The van der Waals surface area contributed by atoms with Crippen LogP contribution in [0, 0.1) is 39.9 Å². The van der Waals surface area contributed by atoms with Gasteiger partial charge in [0.1, 0.15) is 72.5 Å². The number of carbonyl (C=O) groups is 15. The number of amides is 14. The summed E-state index contributed by atoms with van der Waals surface area (Å²) >= 11 is 0.807. The predicted octanol–water partition coefficient (Wildman–Crippen LogP) is -3.06. The van der Waals surface area contributed by atoms with Gasteiger partial charge in [-0.1, -0.05) is 159 Å². The molecule has 14 amide bonds. The van der Waals surface area contributed by atoms with E-state index in [1.807, 2.05) is 0 Å². The Hall–Kier alpha value is -12.1. The van der Waals surface area contributed by atoms with E-state index in [4.69, 9.17) is 39.2 Å². The van der Waals surface area contributed by atoms with Crippen LogP contribution in [0.4, 0.5) is 0 Å². The molecule has 0 aliphatic carbocycles. The van der Waals surface area contributed by atoms with Crippen LogP contribution in [0.2, 0.25) is 0 Å². The number of aliphatic carboxylic acids is 1. The van der Waals surface area contributed by atoms with E-state index in [9.17, 15) is 67.4 Å². The first-order valence-corrected chi connectivity index (χ1v) is 40.9. The summed E-state index contributed by atoms with van der Waals surface area (Å²) in [6.45, 7) is 12.6. The van der Waals surface area contributed by atoms with Gasteiger partial charge in [0.15, 0.2) is 17.9 Å². The second kappa shape index (κ2) is 51.8. The molecular weight excluding hydrogens is 1560 g/mol. The van der Waals surface area contributed by atoms with Gasteiger partial charge in [-0.2, -0.15) is 0 Å². The van der Waals surface area contributed by atoms with E-state index in [1.165, 1.54) is 0 Å². The Labute approximate surface area is 696 Å². The molecule has 1 heterocycles. The third-order valence-corrected chi connectivity index (χ3v) is 20.4. The minimum atomic E-state index is -2.02. The van der Waals surface area contributed by atoms with Gasteiger partial charge in [-0.3, -0.25) is 88.1 Å². The lowest BCUT2D eigenvalue weighted by molar-refractivity contribution is -0.142. The number of hydrogen-bond acceptors (Lipinski definition) is 19. The maximum atomic E-state index is 15.1. The van der Waals surface area contributed by atoms with E-state index in [0.717, 1.165) is 11.8 Å². The number of rotatable bonds is 30. The number of nitrogens with one attached hydrogen (secondary N) is 19. The van der Waals surface area contributed by atoms with Gasteiger partial charge in [0.25, 0.3) is 0 Å².